The fourth-order valence-electron chi connectivity index (χ4n) is 2.22. The molecule has 100 valence electrons. The molecular formula is C11H13ClN6O. The lowest BCUT2D eigenvalue weighted by Crippen LogP contribution is -2.23. The van der Waals surface area contributed by atoms with Crippen molar-refractivity contribution in [3.05, 3.63) is 33.7 Å². The summed E-state index contributed by atoms with van der Waals surface area (Å²) in [6.07, 6.45) is 5.59. The summed E-state index contributed by atoms with van der Waals surface area (Å²) in [6, 6.07) is 0.224. The molecule has 2 aromatic heterocycles. The van der Waals surface area contributed by atoms with Gasteiger partial charge in [0.2, 0.25) is 5.95 Å². The average Bonchev–Trinajstić information content (AvgIpc) is 2.64. The lowest BCUT2D eigenvalue weighted by Gasteiger charge is -2.15. The zero-order valence-electron chi connectivity index (χ0n) is 10.1. The van der Waals surface area contributed by atoms with Crippen molar-refractivity contribution in [3.8, 4) is 0 Å². The van der Waals surface area contributed by atoms with E-state index in [-0.39, 0.29) is 11.7 Å². The number of hydrogen-bond acceptors (Lipinski definition) is 5. The zero-order valence-corrected chi connectivity index (χ0v) is 10.9. The van der Waals surface area contributed by atoms with E-state index in [1.165, 1.54) is 0 Å². The van der Waals surface area contributed by atoms with Gasteiger partial charge in [0.15, 0.2) is 0 Å². The van der Waals surface area contributed by atoms with E-state index >= 15 is 0 Å². The summed E-state index contributed by atoms with van der Waals surface area (Å²) in [5.74, 6) is 1.37. The molecule has 7 nitrogen and oxygen atoms in total. The van der Waals surface area contributed by atoms with Crippen molar-refractivity contribution >= 4 is 17.5 Å². The van der Waals surface area contributed by atoms with Crippen molar-refractivity contribution in [2.45, 2.75) is 31.8 Å². The Bertz CT molecular complexity index is 619. The van der Waals surface area contributed by atoms with Gasteiger partial charge in [-0.15, -0.1) is 0 Å². The third-order valence-electron chi connectivity index (χ3n) is 3.21. The van der Waals surface area contributed by atoms with Crippen molar-refractivity contribution in [1.82, 2.24) is 24.7 Å². The van der Waals surface area contributed by atoms with Crippen LogP contribution in [0.5, 0.6) is 0 Å². The Morgan fingerprint density at radius 2 is 2.16 bits per heavy atom. The second-order valence-corrected chi connectivity index (χ2v) is 4.93. The van der Waals surface area contributed by atoms with E-state index < -0.39 is 0 Å². The number of nitrogens with one attached hydrogen (secondary N) is 2. The topological polar surface area (TPSA) is 88.5 Å². The molecule has 0 amide bonds. The van der Waals surface area contributed by atoms with Gasteiger partial charge in [-0.2, -0.15) is 5.10 Å². The van der Waals surface area contributed by atoms with Crippen LogP contribution >= 0.6 is 11.6 Å². The van der Waals surface area contributed by atoms with Crippen LogP contribution in [-0.4, -0.2) is 30.8 Å². The van der Waals surface area contributed by atoms with Gasteiger partial charge in [-0.3, -0.25) is 4.57 Å². The molecule has 0 saturated heterocycles. The maximum Gasteiger partial charge on any atom is 0.343 e. The van der Waals surface area contributed by atoms with E-state index in [9.17, 15) is 4.79 Å². The first kappa shape index (κ1) is 12.2. The minimum Gasteiger partial charge on any atom is -0.351 e. The Hall–Kier alpha value is -1.89. The molecular weight excluding hydrogens is 268 g/mol. The Kier molecular flexibility index (Phi) is 3.20. The van der Waals surface area contributed by atoms with Gasteiger partial charge in [0.1, 0.15) is 5.82 Å². The number of aryl methyl sites for hydroxylation is 1. The van der Waals surface area contributed by atoms with Crippen LogP contribution in [0.3, 0.4) is 0 Å². The van der Waals surface area contributed by atoms with E-state index in [1.807, 2.05) is 0 Å². The van der Waals surface area contributed by atoms with Gasteiger partial charge >= 0.3 is 5.69 Å². The minimum absolute atomic E-state index is 0.140. The molecule has 0 saturated carbocycles. The minimum atomic E-state index is -0.140. The highest BCUT2D eigenvalue weighted by atomic mass is 35.5. The molecule has 1 aliphatic rings. The summed E-state index contributed by atoms with van der Waals surface area (Å²) in [6.45, 7) is 0.649. The fraction of sp³-hybridized carbons (Fsp3) is 0.455. The first-order valence-corrected chi connectivity index (χ1v) is 6.48. The number of anilines is 1. The number of rotatable bonds is 2. The van der Waals surface area contributed by atoms with E-state index in [4.69, 9.17) is 11.6 Å². The second-order valence-electron chi connectivity index (χ2n) is 4.49. The standard InChI is InChI=1S/C11H13ClN6O/c12-7-5-13-10(14-6-7)15-8-1-2-9-16-17-11(19)18(9)4-3-8/h5-6,8H,1-4H2,(H,17,19)(H,13,14,15). The molecule has 3 rings (SSSR count). The molecule has 0 spiro atoms. The molecule has 1 unspecified atom stereocenters. The molecule has 0 fully saturated rings. The van der Waals surface area contributed by atoms with E-state index in [1.54, 1.807) is 17.0 Å². The van der Waals surface area contributed by atoms with Gasteiger partial charge in [-0.1, -0.05) is 11.6 Å². The van der Waals surface area contributed by atoms with Crippen LogP contribution in [0.4, 0.5) is 5.95 Å². The van der Waals surface area contributed by atoms with Gasteiger partial charge in [0.05, 0.1) is 17.4 Å². The third kappa shape index (κ3) is 2.60. The van der Waals surface area contributed by atoms with Crippen molar-refractivity contribution in [1.29, 1.82) is 0 Å². The third-order valence-corrected chi connectivity index (χ3v) is 3.40. The number of aromatic amines is 1. The normalized spacial score (nSPS) is 18.7. The van der Waals surface area contributed by atoms with Crippen LogP contribution in [0.1, 0.15) is 18.7 Å². The molecule has 1 atom stereocenters. The molecule has 3 heterocycles. The molecule has 8 heteroatoms. The lowest BCUT2D eigenvalue weighted by molar-refractivity contribution is 0.570. The Morgan fingerprint density at radius 1 is 1.37 bits per heavy atom. The molecule has 1 aliphatic heterocycles. The van der Waals surface area contributed by atoms with Crippen LogP contribution in [0.25, 0.3) is 0 Å². The Morgan fingerprint density at radius 3 is 2.95 bits per heavy atom. The van der Waals surface area contributed by atoms with Crippen LogP contribution < -0.4 is 11.0 Å². The number of aromatic nitrogens is 5. The zero-order chi connectivity index (χ0) is 13.2. The van der Waals surface area contributed by atoms with Gasteiger partial charge in [0, 0.05) is 19.0 Å². The van der Waals surface area contributed by atoms with E-state index in [0.29, 0.717) is 17.5 Å². The summed E-state index contributed by atoms with van der Waals surface area (Å²) < 4.78 is 1.68. The molecule has 0 radical (unpaired) electrons. The Balaban J connectivity index is 1.69. The molecule has 2 N–H and O–H groups in total. The van der Waals surface area contributed by atoms with Crippen molar-refractivity contribution in [2.24, 2.45) is 0 Å². The second kappa shape index (κ2) is 5.00. The van der Waals surface area contributed by atoms with Crippen molar-refractivity contribution in [3.63, 3.8) is 0 Å². The Labute approximate surface area is 114 Å². The van der Waals surface area contributed by atoms with Crippen LogP contribution in [0, 0.1) is 0 Å². The van der Waals surface area contributed by atoms with Gasteiger partial charge in [-0.05, 0) is 12.8 Å². The predicted octanol–water partition coefficient (Wildman–Crippen LogP) is 0.832. The largest absolute Gasteiger partial charge is 0.351 e. The van der Waals surface area contributed by atoms with Gasteiger partial charge in [-0.25, -0.2) is 19.9 Å². The molecule has 2 aromatic rings. The highest BCUT2D eigenvalue weighted by molar-refractivity contribution is 6.30. The van der Waals surface area contributed by atoms with E-state index in [2.05, 4.69) is 25.5 Å². The van der Waals surface area contributed by atoms with Crippen LogP contribution in [0.15, 0.2) is 17.2 Å². The van der Waals surface area contributed by atoms with Gasteiger partial charge in [0.25, 0.3) is 0 Å². The smallest absolute Gasteiger partial charge is 0.343 e. The van der Waals surface area contributed by atoms with Crippen LogP contribution in [0.2, 0.25) is 5.02 Å². The summed E-state index contributed by atoms with van der Waals surface area (Å²) in [5.41, 5.74) is -0.140. The molecule has 0 bridgehead atoms. The van der Waals surface area contributed by atoms with Crippen molar-refractivity contribution in [2.75, 3.05) is 5.32 Å². The number of hydrogen-bond donors (Lipinski definition) is 2. The maximum atomic E-state index is 11.5. The van der Waals surface area contributed by atoms with Gasteiger partial charge < -0.3 is 5.32 Å². The quantitative estimate of drug-likeness (QED) is 0.851. The predicted molar refractivity (Wildman–Crippen MR) is 70.2 cm³/mol. The fourth-order valence-corrected chi connectivity index (χ4v) is 2.32. The first-order valence-electron chi connectivity index (χ1n) is 6.10. The number of halogens is 1. The first-order chi connectivity index (χ1) is 9.22. The lowest BCUT2D eigenvalue weighted by atomic mass is 10.1. The van der Waals surface area contributed by atoms with Crippen LogP contribution in [-0.2, 0) is 13.0 Å². The summed E-state index contributed by atoms with van der Waals surface area (Å²) in [4.78, 5) is 19.7. The number of fused-ring (bicyclic) bond motifs is 1. The highest BCUT2D eigenvalue weighted by Gasteiger charge is 2.19. The molecule has 19 heavy (non-hydrogen) atoms. The number of H-pyrrole nitrogens is 1. The maximum absolute atomic E-state index is 11.5. The summed E-state index contributed by atoms with van der Waals surface area (Å²) >= 11 is 5.74. The molecule has 0 aliphatic carbocycles. The summed E-state index contributed by atoms with van der Waals surface area (Å²) in [5, 5.41) is 10.3. The monoisotopic (exact) mass is 280 g/mol. The van der Waals surface area contributed by atoms with E-state index in [0.717, 1.165) is 25.1 Å². The average molecular weight is 281 g/mol. The number of nitrogens with zero attached hydrogens (tertiary/aromatic N) is 4. The SMILES string of the molecule is O=c1[nH]nc2n1CCC(Nc1ncc(Cl)cn1)CC2. The summed E-state index contributed by atoms with van der Waals surface area (Å²) in [7, 11) is 0. The highest BCUT2D eigenvalue weighted by Crippen LogP contribution is 2.15. The molecule has 0 aromatic carbocycles. The van der Waals surface area contributed by atoms with Crippen molar-refractivity contribution < 1.29 is 0 Å².